The molecule has 3 aromatic rings. The zero-order valence-electron chi connectivity index (χ0n) is 23.6. The van der Waals surface area contributed by atoms with Gasteiger partial charge in [0, 0.05) is 55.3 Å². The fourth-order valence-electron chi connectivity index (χ4n) is 4.57. The molecular formula is C29H39ClN4O5S. The predicted octanol–water partition coefficient (Wildman–Crippen LogP) is 5.05. The number of halogens is 1. The second-order valence-corrected chi connectivity index (χ2v) is 13.4. The average Bonchev–Trinajstić information content (AvgIpc) is 3.26. The number of rotatable bonds is 12. The lowest BCUT2D eigenvalue weighted by molar-refractivity contribution is -0.00469. The van der Waals surface area contributed by atoms with Gasteiger partial charge in [-0.2, -0.15) is 0 Å². The van der Waals surface area contributed by atoms with E-state index in [4.69, 9.17) is 21.1 Å². The number of nitrogens with one attached hydrogen (secondary N) is 2. The number of nitrogens with zero attached hydrogens (tertiary/aromatic N) is 2. The smallest absolute Gasteiger partial charge is 0.410 e. The third-order valence-corrected chi connectivity index (χ3v) is 8.55. The Labute approximate surface area is 241 Å². The van der Waals surface area contributed by atoms with E-state index in [2.05, 4.69) is 14.6 Å². The molecule has 0 aliphatic carbocycles. The largest absolute Gasteiger partial charge is 0.494 e. The first-order valence-electron chi connectivity index (χ1n) is 13.6. The lowest BCUT2D eigenvalue weighted by Gasteiger charge is -2.44. The SMILES string of the molecule is CN(C(=O)OC(C)(C)C)C1CN(CCCOc2ccc(S(=O)(=O)NCCCc3c[nH]c4ccc(Cl)cc34)cc2)C1. The Balaban J connectivity index is 1.13. The highest BCUT2D eigenvalue weighted by Crippen LogP contribution is 2.23. The van der Waals surface area contributed by atoms with Crippen molar-refractivity contribution in [1.29, 1.82) is 0 Å². The summed E-state index contributed by atoms with van der Waals surface area (Å²) < 4.78 is 39.3. The zero-order valence-corrected chi connectivity index (χ0v) is 25.1. The van der Waals surface area contributed by atoms with Crippen LogP contribution in [0.3, 0.4) is 0 Å². The van der Waals surface area contributed by atoms with Gasteiger partial charge >= 0.3 is 6.09 Å². The predicted molar refractivity (Wildman–Crippen MR) is 158 cm³/mol. The molecule has 9 nitrogen and oxygen atoms in total. The van der Waals surface area contributed by atoms with Crippen LogP contribution in [0, 0.1) is 0 Å². The molecule has 1 aliphatic rings. The van der Waals surface area contributed by atoms with Crippen LogP contribution in [0.1, 0.15) is 39.2 Å². The number of hydrogen-bond donors (Lipinski definition) is 2. The lowest BCUT2D eigenvalue weighted by Crippen LogP contribution is -2.60. The minimum atomic E-state index is -3.61. The number of aromatic nitrogens is 1. The van der Waals surface area contributed by atoms with E-state index in [1.54, 1.807) is 36.2 Å². The number of likely N-dealkylation sites (N-methyl/N-ethyl adjacent to an activating group) is 1. The second-order valence-electron chi connectivity index (χ2n) is 11.2. The maximum absolute atomic E-state index is 12.7. The van der Waals surface area contributed by atoms with Crippen LogP contribution in [-0.2, 0) is 21.2 Å². The number of sulfonamides is 1. The Morgan fingerprint density at radius 1 is 1.15 bits per heavy atom. The molecule has 1 saturated heterocycles. The van der Waals surface area contributed by atoms with Gasteiger partial charge in [-0.25, -0.2) is 17.9 Å². The Bertz CT molecular complexity index is 1400. The molecule has 1 amide bonds. The van der Waals surface area contributed by atoms with Gasteiger partial charge in [-0.15, -0.1) is 0 Å². The van der Waals surface area contributed by atoms with Crippen molar-refractivity contribution in [2.24, 2.45) is 0 Å². The molecular weight excluding hydrogens is 552 g/mol. The Morgan fingerprint density at radius 3 is 2.58 bits per heavy atom. The first-order chi connectivity index (χ1) is 18.9. The van der Waals surface area contributed by atoms with Gasteiger partial charge in [-0.05, 0) is 88.1 Å². The van der Waals surface area contributed by atoms with Crippen LogP contribution < -0.4 is 9.46 Å². The highest BCUT2D eigenvalue weighted by atomic mass is 35.5. The van der Waals surface area contributed by atoms with E-state index in [1.807, 2.05) is 45.2 Å². The molecule has 1 aromatic heterocycles. The summed E-state index contributed by atoms with van der Waals surface area (Å²) >= 11 is 6.11. The van der Waals surface area contributed by atoms with E-state index in [9.17, 15) is 13.2 Å². The van der Waals surface area contributed by atoms with Gasteiger partial charge in [-0.3, -0.25) is 4.90 Å². The number of carbonyl (C=O) groups excluding carboxylic acids is 1. The van der Waals surface area contributed by atoms with Crippen molar-refractivity contribution in [3.8, 4) is 5.75 Å². The van der Waals surface area contributed by atoms with Crippen LogP contribution in [0.15, 0.2) is 53.6 Å². The molecule has 1 aliphatic heterocycles. The Kier molecular flexibility index (Phi) is 9.66. The van der Waals surface area contributed by atoms with E-state index < -0.39 is 15.6 Å². The summed E-state index contributed by atoms with van der Waals surface area (Å²) in [6, 6.07) is 12.3. The highest BCUT2D eigenvalue weighted by Gasteiger charge is 2.33. The van der Waals surface area contributed by atoms with Crippen LogP contribution in [-0.4, -0.2) is 80.8 Å². The molecule has 0 bridgehead atoms. The molecule has 2 N–H and O–H groups in total. The molecule has 0 saturated carbocycles. The van der Waals surface area contributed by atoms with Gasteiger partial charge in [0.25, 0.3) is 0 Å². The molecule has 1 fully saturated rings. The number of H-pyrrole nitrogens is 1. The van der Waals surface area contributed by atoms with E-state index in [1.165, 1.54) is 0 Å². The Morgan fingerprint density at radius 2 is 1.88 bits per heavy atom. The number of likely N-dealkylation sites (tertiary alicyclic amines) is 1. The molecule has 11 heteroatoms. The fourth-order valence-corrected chi connectivity index (χ4v) is 5.82. The van der Waals surface area contributed by atoms with Crippen molar-refractivity contribution >= 4 is 38.6 Å². The molecule has 0 radical (unpaired) electrons. The van der Waals surface area contributed by atoms with Crippen molar-refractivity contribution in [1.82, 2.24) is 19.5 Å². The number of carbonyl (C=O) groups is 1. The monoisotopic (exact) mass is 590 g/mol. The van der Waals surface area contributed by atoms with Gasteiger partial charge in [0.2, 0.25) is 10.0 Å². The minimum Gasteiger partial charge on any atom is -0.494 e. The zero-order chi connectivity index (χ0) is 28.9. The van der Waals surface area contributed by atoms with Gasteiger partial charge in [-0.1, -0.05) is 11.6 Å². The normalized spacial score (nSPS) is 14.7. The number of fused-ring (bicyclic) bond motifs is 1. The van der Waals surface area contributed by atoms with E-state index in [0.29, 0.717) is 30.3 Å². The standard InChI is InChI=1S/C29H39ClN4O5S/c1-29(2,3)39-28(35)33(4)23-19-34(20-23)15-6-16-38-24-9-11-25(12-10-24)40(36,37)32-14-5-7-21-18-31-27-13-8-22(30)17-26(21)27/h8-13,17-18,23,31-32H,5-7,14-16,19-20H2,1-4H3. The summed E-state index contributed by atoms with van der Waals surface area (Å²) in [4.78, 5) is 19.5. The van der Waals surface area contributed by atoms with Crippen LogP contribution in [0.5, 0.6) is 5.75 Å². The van der Waals surface area contributed by atoms with Crippen molar-refractivity contribution in [2.45, 2.75) is 56.6 Å². The number of amides is 1. The fraction of sp³-hybridized carbons (Fsp3) is 0.483. The van der Waals surface area contributed by atoms with Gasteiger partial charge < -0.3 is 19.4 Å². The van der Waals surface area contributed by atoms with Gasteiger partial charge in [0.1, 0.15) is 11.4 Å². The van der Waals surface area contributed by atoms with Crippen molar-refractivity contribution in [3.05, 3.63) is 59.2 Å². The van der Waals surface area contributed by atoms with E-state index >= 15 is 0 Å². The minimum absolute atomic E-state index is 0.159. The number of ether oxygens (including phenoxy) is 2. The van der Waals surface area contributed by atoms with E-state index in [-0.39, 0.29) is 17.0 Å². The van der Waals surface area contributed by atoms with Gasteiger partial charge in [0.05, 0.1) is 17.5 Å². The number of hydrogen-bond acceptors (Lipinski definition) is 6. The molecule has 0 spiro atoms. The number of aromatic amines is 1. The molecule has 2 heterocycles. The summed E-state index contributed by atoms with van der Waals surface area (Å²) in [6.07, 6.45) is 3.87. The second kappa shape index (κ2) is 12.8. The van der Waals surface area contributed by atoms with Crippen molar-refractivity contribution in [3.63, 3.8) is 0 Å². The molecule has 0 unspecified atom stereocenters. The first kappa shape index (κ1) is 30.2. The topological polar surface area (TPSA) is 104 Å². The van der Waals surface area contributed by atoms with E-state index in [0.717, 1.165) is 48.9 Å². The number of benzene rings is 2. The summed E-state index contributed by atoms with van der Waals surface area (Å²) in [6.45, 7) is 8.92. The third kappa shape index (κ3) is 8.13. The quantitative estimate of drug-likeness (QED) is 0.286. The summed E-state index contributed by atoms with van der Waals surface area (Å²) in [5.41, 5.74) is 1.62. The molecule has 40 heavy (non-hydrogen) atoms. The van der Waals surface area contributed by atoms with Crippen LogP contribution in [0.25, 0.3) is 10.9 Å². The highest BCUT2D eigenvalue weighted by molar-refractivity contribution is 7.89. The van der Waals surface area contributed by atoms with Crippen LogP contribution in [0.2, 0.25) is 5.02 Å². The summed E-state index contributed by atoms with van der Waals surface area (Å²) in [7, 11) is -1.83. The maximum atomic E-state index is 12.7. The summed E-state index contributed by atoms with van der Waals surface area (Å²) in [5, 5.41) is 1.74. The lowest BCUT2D eigenvalue weighted by atomic mass is 10.1. The molecule has 0 atom stereocenters. The molecule has 4 rings (SSSR count). The summed E-state index contributed by atoms with van der Waals surface area (Å²) in [5.74, 6) is 0.628. The average molecular weight is 591 g/mol. The maximum Gasteiger partial charge on any atom is 0.410 e. The molecule has 218 valence electrons. The van der Waals surface area contributed by atoms with Crippen molar-refractivity contribution in [2.75, 3.05) is 39.8 Å². The molecule has 2 aromatic carbocycles. The van der Waals surface area contributed by atoms with Gasteiger partial charge in [0.15, 0.2) is 0 Å². The third-order valence-electron chi connectivity index (χ3n) is 6.83. The Hall–Kier alpha value is -2.79. The van der Waals surface area contributed by atoms with Crippen LogP contribution >= 0.6 is 11.6 Å². The van der Waals surface area contributed by atoms with Crippen LogP contribution in [0.4, 0.5) is 4.79 Å². The van der Waals surface area contributed by atoms with Crippen molar-refractivity contribution < 1.29 is 22.7 Å². The number of aryl methyl sites for hydroxylation is 1. The first-order valence-corrected chi connectivity index (χ1v) is 15.4.